The number of aromatic amines is 2. The van der Waals surface area contributed by atoms with Crippen LogP contribution in [0.5, 0.6) is 5.75 Å². The number of methoxy groups -OCH3 is 1. The van der Waals surface area contributed by atoms with E-state index in [1.54, 1.807) is 25.6 Å². The Labute approximate surface area is 200 Å². The van der Waals surface area contributed by atoms with Crippen LogP contribution in [-0.2, 0) is 9.59 Å². The summed E-state index contributed by atoms with van der Waals surface area (Å²) in [4.78, 5) is 33.9. The average molecular weight is 460 g/mol. The number of para-hydroxylation sites is 2. The molecule has 0 bridgehead atoms. The molecular formula is C28H20N4O3. The number of H-pyrrole nitrogens is 2. The predicted molar refractivity (Wildman–Crippen MR) is 136 cm³/mol. The topological polar surface area (TPSA) is 90.5 Å². The van der Waals surface area contributed by atoms with Gasteiger partial charge in [0.2, 0.25) is 0 Å². The van der Waals surface area contributed by atoms with Gasteiger partial charge in [-0.05, 0) is 29.8 Å². The summed E-state index contributed by atoms with van der Waals surface area (Å²) in [7, 11) is 1.58. The molecule has 0 saturated heterocycles. The molecule has 7 heteroatoms. The van der Waals surface area contributed by atoms with Crippen LogP contribution in [0.15, 0.2) is 90.3 Å². The van der Waals surface area contributed by atoms with E-state index in [-0.39, 0.29) is 0 Å². The standard InChI is InChI=1S/C28H20N4O3/c1-35-18-8-6-7-17(13-18)14-31-32-27(33)25(21-15-29-23-11-4-2-9-19(21)23)26(28(32)34)22-16-30-24-12-5-3-10-20(22)24/h2-16,29-30H,1H3. The molecule has 35 heavy (non-hydrogen) atoms. The fourth-order valence-corrected chi connectivity index (χ4v) is 4.53. The first-order valence-corrected chi connectivity index (χ1v) is 11.1. The average Bonchev–Trinajstić information content (AvgIpc) is 3.57. The number of carbonyl (C=O) groups excluding carboxylic acids is 2. The maximum Gasteiger partial charge on any atom is 0.283 e. The number of nitrogens with zero attached hydrogens (tertiary/aromatic N) is 2. The van der Waals surface area contributed by atoms with Gasteiger partial charge in [-0.1, -0.05) is 48.5 Å². The Kier molecular flexibility index (Phi) is 4.81. The molecule has 0 saturated carbocycles. The second kappa shape index (κ2) is 8.14. The van der Waals surface area contributed by atoms with Gasteiger partial charge >= 0.3 is 0 Å². The lowest BCUT2D eigenvalue weighted by atomic mass is 9.95. The number of hydrogen-bond acceptors (Lipinski definition) is 4. The molecule has 0 radical (unpaired) electrons. The highest BCUT2D eigenvalue weighted by Gasteiger charge is 2.41. The zero-order valence-corrected chi connectivity index (χ0v) is 18.8. The van der Waals surface area contributed by atoms with Crippen LogP contribution in [-0.4, -0.2) is 40.1 Å². The molecule has 0 fully saturated rings. The summed E-state index contributed by atoms with van der Waals surface area (Å²) in [5.74, 6) is -0.288. The van der Waals surface area contributed by atoms with Crippen molar-refractivity contribution in [3.05, 3.63) is 102 Å². The quantitative estimate of drug-likeness (QED) is 0.287. The van der Waals surface area contributed by atoms with Crippen molar-refractivity contribution in [2.45, 2.75) is 0 Å². The summed E-state index contributed by atoms with van der Waals surface area (Å²) in [5, 5.41) is 6.96. The third-order valence-corrected chi connectivity index (χ3v) is 6.20. The number of hydrazone groups is 1. The van der Waals surface area contributed by atoms with Crippen LogP contribution in [0.4, 0.5) is 0 Å². The first-order chi connectivity index (χ1) is 17.2. The molecule has 170 valence electrons. The number of fused-ring (bicyclic) bond motifs is 2. The van der Waals surface area contributed by atoms with E-state index in [1.165, 1.54) is 6.21 Å². The lowest BCUT2D eigenvalue weighted by Crippen LogP contribution is -2.26. The molecule has 0 atom stereocenters. The summed E-state index contributed by atoms with van der Waals surface area (Å²) >= 11 is 0. The van der Waals surface area contributed by atoms with Crippen molar-refractivity contribution < 1.29 is 14.3 Å². The monoisotopic (exact) mass is 460 g/mol. The number of benzene rings is 3. The molecule has 2 N–H and O–H groups in total. The smallest absolute Gasteiger partial charge is 0.283 e. The van der Waals surface area contributed by atoms with E-state index in [2.05, 4.69) is 15.1 Å². The van der Waals surface area contributed by atoms with Crippen molar-refractivity contribution >= 4 is 51.0 Å². The Morgan fingerprint density at radius 1 is 0.771 bits per heavy atom. The molecule has 5 aromatic rings. The summed E-state index contributed by atoms with van der Waals surface area (Å²) < 4.78 is 5.26. The molecule has 0 spiro atoms. The van der Waals surface area contributed by atoms with Crippen LogP contribution >= 0.6 is 0 Å². The summed E-state index contributed by atoms with van der Waals surface area (Å²) in [6, 6.07) is 22.6. The fraction of sp³-hybridized carbons (Fsp3) is 0.0357. The number of ether oxygens (including phenoxy) is 1. The van der Waals surface area contributed by atoms with Crippen molar-refractivity contribution in [3.63, 3.8) is 0 Å². The molecule has 7 nitrogen and oxygen atoms in total. The first-order valence-electron chi connectivity index (χ1n) is 11.1. The van der Waals surface area contributed by atoms with Gasteiger partial charge in [-0.25, -0.2) is 0 Å². The van der Waals surface area contributed by atoms with E-state index in [9.17, 15) is 9.59 Å². The van der Waals surface area contributed by atoms with E-state index in [0.717, 1.165) is 26.8 Å². The molecule has 1 aliphatic heterocycles. The Bertz CT molecular complexity index is 1590. The van der Waals surface area contributed by atoms with Gasteiger partial charge in [0, 0.05) is 45.3 Å². The van der Waals surface area contributed by atoms with E-state index in [4.69, 9.17) is 4.74 Å². The minimum atomic E-state index is -0.473. The molecule has 1 aliphatic rings. The Hall–Kier alpha value is -4.91. The molecule has 2 amide bonds. The minimum Gasteiger partial charge on any atom is -0.497 e. The van der Waals surface area contributed by atoms with E-state index >= 15 is 0 Å². The summed E-state index contributed by atoms with van der Waals surface area (Å²) in [5.41, 5.74) is 4.44. The van der Waals surface area contributed by atoms with E-state index in [0.29, 0.717) is 33.6 Å². The van der Waals surface area contributed by atoms with Crippen molar-refractivity contribution in [2.75, 3.05) is 7.11 Å². The fourth-order valence-electron chi connectivity index (χ4n) is 4.53. The zero-order valence-electron chi connectivity index (χ0n) is 18.8. The Morgan fingerprint density at radius 2 is 1.34 bits per heavy atom. The van der Waals surface area contributed by atoms with Crippen LogP contribution in [0.3, 0.4) is 0 Å². The molecule has 3 aromatic carbocycles. The number of carbonyl (C=O) groups is 2. The van der Waals surface area contributed by atoms with Crippen LogP contribution in [0, 0.1) is 0 Å². The normalized spacial score (nSPS) is 14.3. The lowest BCUT2D eigenvalue weighted by Gasteiger charge is -2.08. The molecule has 2 aromatic heterocycles. The number of hydrogen-bond donors (Lipinski definition) is 2. The van der Waals surface area contributed by atoms with Crippen molar-refractivity contribution in [3.8, 4) is 5.75 Å². The maximum absolute atomic E-state index is 13.7. The van der Waals surface area contributed by atoms with Gasteiger partial charge in [0.15, 0.2) is 0 Å². The molecular weight excluding hydrogens is 440 g/mol. The minimum absolute atomic E-state index is 0.319. The number of imide groups is 1. The van der Waals surface area contributed by atoms with Gasteiger partial charge < -0.3 is 14.7 Å². The lowest BCUT2D eigenvalue weighted by molar-refractivity contribution is -0.135. The molecule has 3 heterocycles. The van der Waals surface area contributed by atoms with Crippen LogP contribution in [0.25, 0.3) is 33.0 Å². The first kappa shape index (κ1) is 20.7. The van der Waals surface area contributed by atoms with Gasteiger partial charge in [-0.3, -0.25) is 9.59 Å². The highest BCUT2D eigenvalue weighted by molar-refractivity contribution is 6.50. The second-order valence-electron chi connectivity index (χ2n) is 8.19. The van der Waals surface area contributed by atoms with Crippen molar-refractivity contribution in [1.82, 2.24) is 15.0 Å². The zero-order chi connectivity index (χ0) is 23.9. The van der Waals surface area contributed by atoms with Crippen LogP contribution < -0.4 is 4.74 Å². The highest BCUT2D eigenvalue weighted by Crippen LogP contribution is 2.40. The van der Waals surface area contributed by atoms with Crippen LogP contribution in [0.2, 0.25) is 0 Å². The number of rotatable bonds is 5. The third kappa shape index (κ3) is 3.33. The van der Waals surface area contributed by atoms with Gasteiger partial charge in [-0.15, -0.1) is 0 Å². The second-order valence-corrected chi connectivity index (χ2v) is 8.19. The van der Waals surface area contributed by atoms with Gasteiger partial charge in [0.1, 0.15) is 5.75 Å². The molecule has 0 aliphatic carbocycles. The number of aromatic nitrogens is 2. The summed E-state index contributed by atoms with van der Waals surface area (Å²) in [6.45, 7) is 0. The van der Waals surface area contributed by atoms with Gasteiger partial charge in [0.05, 0.1) is 24.5 Å². The SMILES string of the molecule is COc1cccc(C=NN2C(=O)C(c3c[nH]c4ccccc34)=C(c3c[nH]c4ccccc34)C2=O)c1. The Morgan fingerprint density at radius 3 is 1.91 bits per heavy atom. The highest BCUT2D eigenvalue weighted by atomic mass is 16.5. The largest absolute Gasteiger partial charge is 0.497 e. The maximum atomic E-state index is 13.7. The van der Waals surface area contributed by atoms with Gasteiger partial charge in [-0.2, -0.15) is 10.1 Å². The predicted octanol–water partition coefficient (Wildman–Crippen LogP) is 4.97. The number of amides is 2. The van der Waals surface area contributed by atoms with E-state index in [1.807, 2.05) is 66.7 Å². The summed E-state index contributed by atoms with van der Waals surface area (Å²) in [6.07, 6.45) is 5.04. The molecule has 0 unspecified atom stereocenters. The van der Waals surface area contributed by atoms with Gasteiger partial charge in [0.25, 0.3) is 11.8 Å². The third-order valence-electron chi connectivity index (χ3n) is 6.20. The molecule has 6 rings (SSSR count). The Balaban J connectivity index is 1.52. The van der Waals surface area contributed by atoms with Crippen molar-refractivity contribution in [2.24, 2.45) is 5.10 Å². The van der Waals surface area contributed by atoms with Crippen LogP contribution in [0.1, 0.15) is 16.7 Å². The van der Waals surface area contributed by atoms with Crippen molar-refractivity contribution in [1.29, 1.82) is 0 Å². The van der Waals surface area contributed by atoms with E-state index < -0.39 is 11.8 Å². The number of nitrogens with one attached hydrogen (secondary N) is 2.